The van der Waals surface area contributed by atoms with Crippen LogP contribution in [0.3, 0.4) is 0 Å². The number of hydrogen-bond donors (Lipinski definition) is 1. The van der Waals surface area contributed by atoms with E-state index >= 15 is 0 Å². The summed E-state index contributed by atoms with van der Waals surface area (Å²) in [5, 5.41) is 3.20. The lowest BCUT2D eigenvalue weighted by atomic mass is 10.0. The van der Waals surface area contributed by atoms with Crippen molar-refractivity contribution in [3.05, 3.63) is 0 Å². The van der Waals surface area contributed by atoms with Crippen molar-refractivity contribution in [3.63, 3.8) is 0 Å². The summed E-state index contributed by atoms with van der Waals surface area (Å²) in [6, 6.07) is 0. The van der Waals surface area contributed by atoms with Crippen molar-refractivity contribution >= 4 is 22.2 Å². The van der Waals surface area contributed by atoms with E-state index in [0.717, 1.165) is 25.7 Å². The topological polar surface area (TPSA) is 29.1 Å². The van der Waals surface area contributed by atoms with E-state index in [-0.39, 0.29) is 5.92 Å². The molecule has 0 spiro atoms. The van der Waals surface area contributed by atoms with Gasteiger partial charge < -0.3 is 10.1 Å². The van der Waals surface area contributed by atoms with Gasteiger partial charge in [-0.25, -0.2) is 0 Å². The average molecular weight is 192 g/mol. The third kappa shape index (κ3) is 2.06. The fourth-order valence-electron chi connectivity index (χ4n) is 1.02. The molecule has 0 aromatic carbocycles. The predicted octanol–water partition coefficient (Wildman–Crippen LogP) is 0.906. The highest BCUT2D eigenvalue weighted by atomic mass is 79.9. The fraction of sp³-hybridized carbons (Fsp3) is 0.833. The fourth-order valence-corrected chi connectivity index (χ4v) is 1.73. The third-order valence-corrected chi connectivity index (χ3v) is 2.28. The van der Waals surface area contributed by atoms with Crippen LogP contribution in [0.2, 0.25) is 0 Å². The largest absolute Gasteiger partial charge is 0.305 e. The highest BCUT2D eigenvalue weighted by molar-refractivity contribution is 9.09. The van der Waals surface area contributed by atoms with Crippen LogP contribution in [0, 0.1) is 5.92 Å². The van der Waals surface area contributed by atoms with E-state index in [0.29, 0.717) is 4.95 Å². The van der Waals surface area contributed by atoms with Crippen LogP contribution in [0.1, 0.15) is 12.8 Å². The van der Waals surface area contributed by atoms with Gasteiger partial charge in [-0.05, 0) is 19.4 Å². The molecule has 0 bridgehead atoms. The Labute approximate surface area is 63.1 Å². The number of rotatable bonds is 1. The molecule has 0 unspecified atom stereocenters. The number of nitrogens with one attached hydrogen (secondary N) is 1. The van der Waals surface area contributed by atoms with Gasteiger partial charge in [0.25, 0.3) is 0 Å². The Bertz CT molecular complexity index is 107. The molecule has 1 fully saturated rings. The van der Waals surface area contributed by atoms with E-state index in [2.05, 4.69) is 21.2 Å². The molecule has 1 aliphatic rings. The van der Waals surface area contributed by atoms with Crippen molar-refractivity contribution in [2.75, 3.05) is 6.54 Å². The molecule has 1 aliphatic heterocycles. The minimum Gasteiger partial charge on any atom is -0.305 e. The zero-order valence-corrected chi connectivity index (χ0v) is 6.73. The number of hydrogen-bond acceptors (Lipinski definition) is 2. The minimum atomic E-state index is 0.274. The van der Waals surface area contributed by atoms with Gasteiger partial charge in [0.05, 0.1) is 4.95 Å². The first-order valence-corrected chi connectivity index (χ1v) is 4.07. The molecule has 1 N–H and O–H groups in total. The second-order valence-corrected chi connectivity index (χ2v) is 3.45. The molecule has 1 heterocycles. The van der Waals surface area contributed by atoms with Gasteiger partial charge in [-0.15, -0.1) is 0 Å². The van der Waals surface area contributed by atoms with Crippen molar-refractivity contribution in [1.82, 2.24) is 5.32 Å². The van der Waals surface area contributed by atoms with Gasteiger partial charge in [0.1, 0.15) is 6.29 Å². The lowest BCUT2D eigenvalue weighted by Crippen LogP contribution is -2.34. The Hall–Kier alpha value is 0.110. The third-order valence-electron chi connectivity index (χ3n) is 1.58. The molecule has 0 aromatic rings. The lowest BCUT2D eigenvalue weighted by Gasteiger charge is -2.22. The molecule has 0 amide bonds. The quantitative estimate of drug-likeness (QED) is 0.380. The zero-order valence-electron chi connectivity index (χ0n) is 5.14. The van der Waals surface area contributed by atoms with Crippen LogP contribution in [0.5, 0.6) is 0 Å². The Morgan fingerprint density at radius 2 is 2.44 bits per heavy atom. The smallest absolute Gasteiger partial charge is 0.123 e. The molecule has 2 nitrogen and oxygen atoms in total. The number of carbonyl (C=O) groups is 1. The highest BCUT2D eigenvalue weighted by Crippen LogP contribution is 2.16. The number of carbonyl (C=O) groups excluding carboxylic acids is 1. The van der Waals surface area contributed by atoms with E-state index in [1.807, 2.05) is 0 Å². The molecule has 9 heavy (non-hydrogen) atoms. The normalized spacial score (nSPS) is 36.1. The summed E-state index contributed by atoms with van der Waals surface area (Å²) in [6.45, 7) is 0.958. The predicted molar refractivity (Wildman–Crippen MR) is 39.5 cm³/mol. The van der Waals surface area contributed by atoms with Gasteiger partial charge in [-0.3, -0.25) is 0 Å². The van der Waals surface area contributed by atoms with Crippen molar-refractivity contribution in [2.24, 2.45) is 5.92 Å². The van der Waals surface area contributed by atoms with E-state index in [1.165, 1.54) is 0 Å². The van der Waals surface area contributed by atoms with Gasteiger partial charge in [0.2, 0.25) is 0 Å². The van der Waals surface area contributed by atoms with Crippen molar-refractivity contribution in [3.8, 4) is 0 Å². The summed E-state index contributed by atoms with van der Waals surface area (Å²) >= 11 is 3.40. The van der Waals surface area contributed by atoms with Crippen LogP contribution < -0.4 is 5.32 Å². The van der Waals surface area contributed by atoms with Crippen LogP contribution in [-0.2, 0) is 4.79 Å². The minimum absolute atomic E-state index is 0.274. The standard InChI is InChI=1S/C6H10BrNO/c7-6-3-5(4-9)1-2-8-6/h4-6,8H,1-3H2/t5-,6+/m1/s1. The number of piperidine rings is 1. The van der Waals surface area contributed by atoms with Crippen LogP contribution in [0.25, 0.3) is 0 Å². The molecule has 52 valence electrons. The van der Waals surface area contributed by atoms with Crippen LogP contribution in [-0.4, -0.2) is 17.8 Å². The Morgan fingerprint density at radius 1 is 1.67 bits per heavy atom. The van der Waals surface area contributed by atoms with Gasteiger partial charge in [-0.2, -0.15) is 0 Å². The summed E-state index contributed by atoms with van der Waals surface area (Å²) in [6.07, 6.45) is 2.98. The number of aldehydes is 1. The molecule has 0 radical (unpaired) electrons. The second kappa shape index (κ2) is 3.32. The molecule has 0 aliphatic carbocycles. The molecular formula is C6H10BrNO. The first-order valence-electron chi connectivity index (χ1n) is 3.15. The molecule has 1 saturated heterocycles. The summed E-state index contributed by atoms with van der Waals surface area (Å²) in [5.41, 5.74) is 0. The monoisotopic (exact) mass is 191 g/mol. The van der Waals surface area contributed by atoms with E-state index < -0.39 is 0 Å². The van der Waals surface area contributed by atoms with Crippen LogP contribution in [0.4, 0.5) is 0 Å². The van der Waals surface area contributed by atoms with Crippen molar-refractivity contribution in [1.29, 1.82) is 0 Å². The van der Waals surface area contributed by atoms with Crippen LogP contribution >= 0.6 is 15.9 Å². The first kappa shape index (κ1) is 7.22. The highest BCUT2D eigenvalue weighted by Gasteiger charge is 2.17. The van der Waals surface area contributed by atoms with Gasteiger partial charge in [-0.1, -0.05) is 15.9 Å². The van der Waals surface area contributed by atoms with Gasteiger partial charge >= 0.3 is 0 Å². The molecule has 0 aromatic heterocycles. The van der Waals surface area contributed by atoms with E-state index in [4.69, 9.17) is 0 Å². The Morgan fingerprint density at radius 3 is 2.89 bits per heavy atom. The van der Waals surface area contributed by atoms with Crippen molar-refractivity contribution < 1.29 is 4.79 Å². The maximum Gasteiger partial charge on any atom is 0.123 e. The molecule has 2 atom stereocenters. The average Bonchev–Trinajstić information content (AvgIpc) is 1.88. The number of alkyl halides is 1. The summed E-state index contributed by atoms with van der Waals surface area (Å²) in [4.78, 5) is 10.6. The molecule has 0 saturated carbocycles. The Kier molecular flexibility index (Phi) is 2.66. The molecular weight excluding hydrogens is 182 g/mol. The lowest BCUT2D eigenvalue weighted by molar-refractivity contribution is -0.111. The van der Waals surface area contributed by atoms with E-state index in [9.17, 15) is 4.79 Å². The second-order valence-electron chi connectivity index (χ2n) is 2.34. The molecule has 3 heteroatoms. The van der Waals surface area contributed by atoms with Crippen molar-refractivity contribution in [2.45, 2.75) is 17.8 Å². The Balaban J connectivity index is 2.31. The summed E-state index contributed by atoms with van der Waals surface area (Å²) in [5.74, 6) is 0.274. The maximum atomic E-state index is 10.3. The SMILES string of the molecule is O=C[C@@H]1CCN[C@H](Br)C1. The van der Waals surface area contributed by atoms with Gasteiger partial charge in [0.15, 0.2) is 0 Å². The first-order chi connectivity index (χ1) is 4.33. The van der Waals surface area contributed by atoms with Gasteiger partial charge in [0, 0.05) is 5.92 Å². The zero-order chi connectivity index (χ0) is 6.69. The summed E-state index contributed by atoms with van der Waals surface area (Å²) in [7, 11) is 0. The summed E-state index contributed by atoms with van der Waals surface area (Å²) < 4.78 is 0. The number of halogens is 1. The van der Waals surface area contributed by atoms with E-state index in [1.54, 1.807) is 0 Å². The maximum absolute atomic E-state index is 10.3. The van der Waals surface area contributed by atoms with Crippen LogP contribution in [0.15, 0.2) is 0 Å². The molecule has 1 rings (SSSR count).